The fourth-order valence-corrected chi connectivity index (χ4v) is 10.0. The summed E-state index contributed by atoms with van der Waals surface area (Å²) in [7, 11) is 0. The molecule has 424 valence electrons. The first-order chi connectivity index (χ1) is 35.3. The summed E-state index contributed by atoms with van der Waals surface area (Å²) in [6.07, 6.45) is 62.8. The second kappa shape index (κ2) is 52.8. The van der Waals surface area contributed by atoms with Gasteiger partial charge in [-0.05, 0) is 38.5 Å². The quantitative estimate of drug-likeness (QED) is 0.0261. The molecule has 9 nitrogen and oxygen atoms in total. The van der Waals surface area contributed by atoms with Crippen molar-refractivity contribution in [2.24, 2.45) is 0 Å². The van der Waals surface area contributed by atoms with Gasteiger partial charge in [-0.3, -0.25) is 4.79 Å². The summed E-state index contributed by atoms with van der Waals surface area (Å²) in [6, 6.07) is -0.825. The molecule has 7 unspecified atom stereocenters. The van der Waals surface area contributed by atoms with Crippen LogP contribution in [0.2, 0.25) is 0 Å². The standard InChI is InChI=1S/C63H119NO8/c1-3-5-7-9-11-13-15-16-17-18-19-20-21-22-23-24-25-26-27-28-29-30-31-32-33-34-35-36-37-38-39-40-41-43-45-47-49-51-53-59(67)64-56(55-71-63-62(70)61(69)60(68)58(54-65)72-63)57(66)52-50-48-46-44-42-14-12-10-8-6-4-2/h8,10,42,44,50,52,56-58,60-63,65-66,68-70H,3-7,9,11-41,43,45-49,51,53-55H2,1-2H3,(H,64,67)/b10-8+,44-42+,52-50+. The number of carbonyl (C=O) groups excluding carboxylic acids is 1. The predicted molar refractivity (Wildman–Crippen MR) is 304 cm³/mol. The molecule has 0 radical (unpaired) electrons. The minimum atomic E-state index is -1.57. The van der Waals surface area contributed by atoms with E-state index in [4.69, 9.17) is 9.47 Å². The first kappa shape index (κ1) is 68.4. The Morgan fingerprint density at radius 2 is 0.792 bits per heavy atom. The summed E-state index contributed by atoms with van der Waals surface area (Å²) in [4.78, 5) is 13.0. The third kappa shape index (κ3) is 41.6. The third-order valence-electron chi connectivity index (χ3n) is 14.9. The molecule has 7 atom stereocenters. The number of carbonyl (C=O) groups is 1. The molecule has 1 amide bonds. The molecule has 9 heteroatoms. The van der Waals surface area contributed by atoms with E-state index in [0.29, 0.717) is 6.42 Å². The van der Waals surface area contributed by atoms with E-state index in [0.717, 1.165) is 57.8 Å². The minimum absolute atomic E-state index is 0.188. The number of rotatable bonds is 54. The van der Waals surface area contributed by atoms with Crippen molar-refractivity contribution in [1.29, 1.82) is 0 Å². The number of hydrogen-bond donors (Lipinski definition) is 6. The summed E-state index contributed by atoms with van der Waals surface area (Å²) < 4.78 is 11.2. The number of aliphatic hydroxyl groups excluding tert-OH is 5. The number of hydrogen-bond acceptors (Lipinski definition) is 8. The lowest BCUT2D eigenvalue weighted by Gasteiger charge is -2.40. The lowest BCUT2D eigenvalue weighted by Crippen LogP contribution is -2.60. The summed E-state index contributed by atoms with van der Waals surface area (Å²) in [5.74, 6) is -0.188. The molecule has 1 rings (SSSR count). The van der Waals surface area contributed by atoms with Gasteiger partial charge in [0.2, 0.25) is 5.91 Å². The van der Waals surface area contributed by atoms with Crippen LogP contribution < -0.4 is 5.32 Å². The first-order valence-electron chi connectivity index (χ1n) is 31.2. The van der Waals surface area contributed by atoms with Crippen LogP contribution in [0.1, 0.15) is 303 Å². The van der Waals surface area contributed by atoms with Crippen LogP contribution in [-0.4, -0.2) is 87.5 Å². The first-order valence-corrected chi connectivity index (χ1v) is 31.2. The number of amides is 1. The van der Waals surface area contributed by atoms with Gasteiger partial charge in [-0.2, -0.15) is 0 Å². The van der Waals surface area contributed by atoms with Crippen molar-refractivity contribution in [1.82, 2.24) is 5.32 Å². The van der Waals surface area contributed by atoms with E-state index in [-0.39, 0.29) is 12.5 Å². The zero-order valence-corrected chi connectivity index (χ0v) is 47.2. The number of nitrogens with one attached hydrogen (secondary N) is 1. The Balaban J connectivity index is 2.01. The van der Waals surface area contributed by atoms with E-state index in [1.807, 2.05) is 6.08 Å². The lowest BCUT2D eigenvalue weighted by atomic mass is 9.99. The smallest absolute Gasteiger partial charge is 0.220 e. The molecule has 1 aliphatic heterocycles. The van der Waals surface area contributed by atoms with Crippen molar-refractivity contribution in [3.63, 3.8) is 0 Å². The van der Waals surface area contributed by atoms with E-state index in [1.165, 1.54) is 225 Å². The third-order valence-corrected chi connectivity index (χ3v) is 14.9. The fourth-order valence-electron chi connectivity index (χ4n) is 10.0. The topological polar surface area (TPSA) is 149 Å². The number of unbranched alkanes of at least 4 members (excludes halogenated alkanes) is 40. The zero-order valence-electron chi connectivity index (χ0n) is 47.2. The molecular weight excluding hydrogens is 899 g/mol. The molecule has 0 bridgehead atoms. The van der Waals surface area contributed by atoms with Gasteiger partial charge in [0.15, 0.2) is 6.29 Å². The highest BCUT2D eigenvalue weighted by Crippen LogP contribution is 2.23. The minimum Gasteiger partial charge on any atom is -0.394 e. The lowest BCUT2D eigenvalue weighted by molar-refractivity contribution is -0.302. The summed E-state index contributed by atoms with van der Waals surface area (Å²) in [5.41, 5.74) is 0. The monoisotopic (exact) mass is 1020 g/mol. The normalized spacial score (nSPS) is 19.3. The van der Waals surface area contributed by atoms with Crippen LogP contribution in [0.4, 0.5) is 0 Å². The SMILES string of the molecule is CCC/C=C/CC/C=C/CC/C=C/C(O)C(COC1OC(CO)C(O)C(O)C1O)NC(=O)CCCCCCCCCCCCCCCCCCCCCCCCCCCCCCCCCCCCCCCC. The van der Waals surface area contributed by atoms with Crippen LogP contribution in [0, 0.1) is 0 Å². The molecule has 0 aromatic carbocycles. The molecule has 0 aliphatic carbocycles. The zero-order chi connectivity index (χ0) is 52.2. The highest BCUT2D eigenvalue weighted by Gasteiger charge is 2.44. The second-order valence-electron chi connectivity index (χ2n) is 21.8. The van der Waals surface area contributed by atoms with Gasteiger partial charge in [0.05, 0.1) is 25.4 Å². The molecule has 6 N–H and O–H groups in total. The number of aliphatic hydroxyl groups is 5. The summed E-state index contributed by atoms with van der Waals surface area (Å²) in [5, 5.41) is 54.3. The Morgan fingerprint density at radius 1 is 0.458 bits per heavy atom. The van der Waals surface area contributed by atoms with Crippen molar-refractivity contribution < 1.29 is 39.8 Å². The van der Waals surface area contributed by atoms with Crippen LogP contribution >= 0.6 is 0 Å². The van der Waals surface area contributed by atoms with Crippen LogP contribution in [0.25, 0.3) is 0 Å². The van der Waals surface area contributed by atoms with Crippen LogP contribution in [-0.2, 0) is 14.3 Å². The highest BCUT2D eigenvalue weighted by atomic mass is 16.7. The molecule has 0 aromatic rings. The van der Waals surface area contributed by atoms with E-state index < -0.39 is 49.5 Å². The van der Waals surface area contributed by atoms with Gasteiger partial charge in [-0.25, -0.2) is 0 Å². The van der Waals surface area contributed by atoms with E-state index in [9.17, 15) is 30.3 Å². The van der Waals surface area contributed by atoms with Crippen molar-refractivity contribution in [3.05, 3.63) is 36.5 Å². The van der Waals surface area contributed by atoms with Crippen LogP contribution in [0.3, 0.4) is 0 Å². The maximum atomic E-state index is 13.0. The molecule has 0 spiro atoms. The predicted octanol–water partition coefficient (Wildman–Crippen LogP) is 15.9. The van der Waals surface area contributed by atoms with Gasteiger partial charge in [0, 0.05) is 6.42 Å². The van der Waals surface area contributed by atoms with Crippen molar-refractivity contribution in [3.8, 4) is 0 Å². The van der Waals surface area contributed by atoms with Gasteiger partial charge in [0.25, 0.3) is 0 Å². The molecule has 1 aliphatic rings. The van der Waals surface area contributed by atoms with Crippen molar-refractivity contribution >= 4 is 5.91 Å². The van der Waals surface area contributed by atoms with E-state index in [1.54, 1.807) is 6.08 Å². The van der Waals surface area contributed by atoms with Crippen molar-refractivity contribution in [2.75, 3.05) is 13.2 Å². The summed E-state index contributed by atoms with van der Waals surface area (Å²) in [6.45, 7) is 3.70. The molecule has 1 saturated heterocycles. The van der Waals surface area contributed by atoms with Crippen molar-refractivity contribution in [2.45, 2.75) is 346 Å². The van der Waals surface area contributed by atoms with Crippen LogP contribution in [0.5, 0.6) is 0 Å². The maximum absolute atomic E-state index is 13.0. The maximum Gasteiger partial charge on any atom is 0.220 e. The van der Waals surface area contributed by atoms with Gasteiger partial charge < -0.3 is 40.3 Å². The summed E-state index contributed by atoms with van der Waals surface area (Å²) >= 11 is 0. The molecule has 72 heavy (non-hydrogen) atoms. The van der Waals surface area contributed by atoms with E-state index >= 15 is 0 Å². The Bertz CT molecular complexity index is 1230. The van der Waals surface area contributed by atoms with E-state index in [2.05, 4.69) is 43.5 Å². The molecule has 1 fully saturated rings. The number of ether oxygens (including phenoxy) is 2. The van der Waals surface area contributed by atoms with Gasteiger partial charge in [-0.15, -0.1) is 0 Å². The average Bonchev–Trinajstić information content (AvgIpc) is 3.38. The average molecular weight is 1020 g/mol. The Kier molecular flexibility index (Phi) is 50.2. The highest BCUT2D eigenvalue weighted by molar-refractivity contribution is 5.76. The molecular formula is C63H119NO8. The fraction of sp³-hybridized carbons (Fsp3) is 0.889. The number of allylic oxidation sites excluding steroid dienone is 5. The molecule has 0 saturated carbocycles. The van der Waals surface area contributed by atoms with Gasteiger partial charge >= 0.3 is 0 Å². The Labute approximate surface area is 444 Å². The Hall–Kier alpha value is -1.59. The second-order valence-corrected chi connectivity index (χ2v) is 21.8. The molecule has 1 heterocycles. The van der Waals surface area contributed by atoms with Crippen LogP contribution in [0.15, 0.2) is 36.5 Å². The van der Waals surface area contributed by atoms with Gasteiger partial charge in [0.1, 0.15) is 24.4 Å². The largest absolute Gasteiger partial charge is 0.394 e. The van der Waals surface area contributed by atoms with Gasteiger partial charge in [-0.1, -0.05) is 294 Å². The molecule has 0 aromatic heterocycles. The Morgan fingerprint density at radius 3 is 1.14 bits per heavy atom.